The lowest BCUT2D eigenvalue weighted by molar-refractivity contribution is -0.121. The van der Waals surface area contributed by atoms with Gasteiger partial charge in [0.15, 0.2) is 0 Å². The van der Waals surface area contributed by atoms with Crippen molar-refractivity contribution in [2.24, 2.45) is 13.0 Å². The maximum Gasteiger partial charge on any atom is 0.295 e. The highest BCUT2D eigenvalue weighted by atomic mass is 19.1. The van der Waals surface area contributed by atoms with Crippen LogP contribution in [0.4, 0.5) is 4.39 Å². The Morgan fingerprint density at radius 1 is 1.03 bits per heavy atom. The average Bonchev–Trinajstić information content (AvgIpc) is 3.50. The smallest absolute Gasteiger partial charge is 0.295 e. The van der Waals surface area contributed by atoms with Gasteiger partial charge in [-0.2, -0.15) is 0 Å². The molecule has 1 aromatic heterocycles. The van der Waals surface area contributed by atoms with Crippen molar-refractivity contribution in [2.75, 3.05) is 19.6 Å². The molecule has 2 amide bonds. The van der Waals surface area contributed by atoms with Crippen LogP contribution < -0.4 is 0 Å². The minimum atomic E-state index is -0.524. The molecule has 0 saturated carbocycles. The van der Waals surface area contributed by atoms with Crippen LogP contribution in [0.1, 0.15) is 51.6 Å². The van der Waals surface area contributed by atoms with Gasteiger partial charge in [-0.15, -0.1) is 0 Å². The number of fused-ring (bicyclic) bond motifs is 1. The number of Topliss-reactive ketones (excluding diaryl/α,β-unsaturated/α-hetero) is 1. The molecule has 0 radical (unpaired) electrons. The largest absolute Gasteiger partial charge is 0.350 e. The summed E-state index contributed by atoms with van der Waals surface area (Å²) in [6.45, 7) is 5.75. The van der Waals surface area contributed by atoms with Crippen LogP contribution in [0.2, 0.25) is 0 Å². The molecular formula is C28H30FN3O3. The molecular weight excluding hydrogens is 445 g/mol. The molecule has 0 spiro atoms. The van der Waals surface area contributed by atoms with Crippen LogP contribution in [0.15, 0.2) is 42.6 Å². The summed E-state index contributed by atoms with van der Waals surface area (Å²) in [4.78, 5) is 42.4. The first kappa shape index (κ1) is 23.3. The van der Waals surface area contributed by atoms with Crippen LogP contribution in [-0.2, 0) is 18.3 Å². The summed E-state index contributed by atoms with van der Waals surface area (Å²) in [5, 5.41) is 0.639. The van der Waals surface area contributed by atoms with Crippen molar-refractivity contribution < 1.29 is 18.8 Å². The molecule has 0 N–H and O–H groups in total. The van der Waals surface area contributed by atoms with Crippen LogP contribution in [0.5, 0.6) is 0 Å². The lowest BCUT2D eigenvalue weighted by atomic mass is 9.89. The lowest BCUT2D eigenvalue weighted by Crippen LogP contribution is -2.39. The third-order valence-electron chi connectivity index (χ3n) is 7.46. The number of aromatic nitrogens is 1. The Kier molecular flexibility index (Phi) is 5.95. The molecule has 1 unspecified atom stereocenters. The molecule has 2 aliphatic rings. The molecule has 2 saturated heterocycles. The summed E-state index contributed by atoms with van der Waals surface area (Å²) in [5.74, 6) is -0.825. The fraction of sp³-hybridized carbons (Fsp3) is 0.393. The number of carbonyl (C=O) groups is 3. The summed E-state index contributed by atoms with van der Waals surface area (Å²) >= 11 is 0. The Hall–Kier alpha value is -3.48. The summed E-state index contributed by atoms with van der Waals surface area (Å²) in [6.07, 6.45) is 4.35. The van der Waals surface area contributed by atoms with Crippen LogP contribution >= 0.6 is 0 Å². The molecule has 1 atom stereocenters. The number of benzene rings is 2. The molecule has 6 nitrogen and oxygen atoms in total. The zero-order chi connectivity index (χ0) is 24.9. The number of rotatable bonds is 5. The molecule has 2 fully saturated rings. The minimum absolute atomic E-state index is 0.0437. The topological polar surface area (TPSA) is 62.4 Å². The Morgan fingerprint density at radius 3 is 2.31 bits per heavy atom. The van der Waals surface area contributed by atoms with E-state index >= 15 is 0 Å². The van der Waals surface area contributed by atoms with Crippen molar-refractivity contribution in [1.82, 2.24) is 14.4 Å². The quantitative estimate of drug-likeness (QED) is 0.317. The number of likely N-dealkylation sites (tertiary alicyclic amines) is 1. The molecule has 2 aromatic carbocycles. The van der Waals surface area contributed by atoms with E-state index in [0.717, 1.165) is 35.9 Å². The van der Waals surface area contributed by atoms with Gasteiger partial charge in [0.1, 0.15) is 5.82 Å². The van der Waals surface area contributed by atoms with Crippen molar-refractivity contribution in [3.05, 3.63) is 70.7 Å². The zero-order valence-corrected chi connectivity index (χ0v) is 20.4. The summed E-state index contributed by atoms with van der Waals surface area (Å²) in [6, 6.07) is 10.4. The highest BCUT2D eigenvalue weighted by molar-refractivity contribution is 6.45. The number of hydrogen-bond acceptors (Lipinski definition) is 3. The Labute approximate surface area is 204 Å². The second kappa shape index (κ2) is 8.95. The van der Waals surface area contributed by atoms with Gasteiger partial charge in [-0.05, 0) is 74.4 Å². The van der Waals surface area contributed by atoms with Crippen LogP contribution in [0.3, 0.4) is 0 Å². The average molecular weight is 476 g/mol. The molecule has 2 aliphatic heterocycles. The highest BCUT2D eigenvalue weighted by Crippen LogP contribution is 2.29. The number of hydrogen-bond donors (Lipinski definition) is 0. The Bertz CT molecular complexity index is 1320. The maximum atomic E-state index is 13.5. The molecule has 0 bridgehead atoms. The van der Waals surface area contributed by atoms with E-state index < -0.39 is 11.7 Å². The van der Waals surface area contributed by atoms with Crippen molar-refractivity contribution in [2.45, 2.75) is 39.2 Å². The summed E-state index contributed by atoms with van der Waals surface area (Å²) < 4.78 is 15.0. The van der Waals surface area contributed by atoms with Crippen LogP contribution in [-0.4, -0.2) is 57.6 Å². The third kappa shape index (κ3) is 4.47. The van der Waals surface area contributed by atoms with Crippen LogP contribution in [0.25, 0.3) is 10.9 Å². The first-order valence-electron chi connectivity index (χ1n) is 12.2. The van der Waals surface area contributed by atoms with E-state index in [2.05, 4.69) is 0 Å². The van der Waals surface area contributed by atoms with E-state index in [-0.39, 0.29) is 17.8 Å². The number of aryl methyl sites for hydroxylation is 2. The van der Waals surface area contributed by atoms with Crippen molar-refractivity contribution in [3.63, 3.8) is 0 Å². The van der Waals surface area contributed by atoms with Gasteiger partial charge in [-0.1, -0.05) is 12.1 Å². The van der Waals surface area contributed by atoms with E-state index in [1.807, 2.05) is 48.6 Å². The normalized spacial score (nSPS) is 18.2. The van der Waals surface area contributed by atoms with Gasteiger partial charge in [0, 0.05) is 55.4 Å². The first-order valence-corrected chi connectivity index (χ1v) is 12.2. The van der Waals surface area contributed by atoms with Gasteiger partial charge in [-0.25, -0.2) is 4.39 Å². The van der Waals surface area contributed by atoms with E-state index in [0.29, 0.717) is 42.1 Å². The zero-order valence-electron chi connectivity index (χ0n) is 20.4. The van der Waals surface area contributed by atoms with Gasteiger partial charge >= 0.3 is 0 Å². The fourth-order valence-electron chi connectivity index (χ4n) is 5.17. The van der Waals surface area contributed by atoms with Crippen molar-refractivity contribution in [1.29, 1.82) is 0 Å². The molecule has 0 aliphatic carbocycles. The number of piperidine rings is 1. The standard InChI is InChI=1S/C28H30FN3O3/c1-17-12-25-23(24(16-30(25)3)26(33)28(35)32-15-18(32)2)14-22(17)27(34)31-10-8-20(9-11-31)13-19-4-6-21(29)7-5-19/h4-7,12,14,16,18,20H,8-11,13,15H2,1-3H3. The molecule has 35 heavy (non-hydrogen) atoms. The van der Waals surface area contributed by atoms with Gasteiger partial charge in [0.2, 0.25) is 0 Å². The Balaban J connectivity index is 1.33. The van der Waals surface area contributed by atoms with Crippen LogP contribution in [0, 0.1) is 18.7 Å². The van der Waals surface area contributed by atoms with Gasteiger partial charge in [0.25, 0.3) is 17.6 Å². The second-order valence-corrected chi connectivity index (χ2v) is 10.0. The van der Waals surface area contributed by atoms with E-state index in [1.54, 1.807) is 17.2 Å². The van der Waals surface area contributed by atoms with Crippen molar-refractivity contribution in [3.8, 4) is 0 Å². The number of amides is 2. The number of halogens is 1. The van der Waals surface area contributed by atoms with Crippen molar-refractivity contribution >= 4 is 28.5 Å². The molecule has 5 rings (SSSR count). The highest BCUT2D eigenvalue weighted by Gasteiger charge is 2.39. The van der Waals surface area contributed by atoms with E-state index in [9.17, 15) is 18.8 Å². The number of ketones is 1. The molecule has 3 heterocycles. The van der Waals surface area contributed by atoms with E-state index in [1.165, 1.54) is 12.1 Å². The van der Waals surface area contributed by atoms with Gasteiger partial charge < -0.3 is 14.4 Å². The summed E-state index contributed by atoms with van der Waals surface area (Å²) in [5.41, 5.74) is 3.71. The third-order valence-corrected chi connectivity index (χ3v) is 7.46. The molecule has 182 valence electrons. The van der Waals surface area contributed by atoms with E-state index in [4.69, 9.17) is 0 Å². The van der Waals surface area contributed by atoms with Gasteiger partial charge in [-0.3, -0.25) is 14.4 Å². The predicted octanol–water partition coefficient (Wildman–Crippen LogP) is 4.13. The summed E-state index contributed by atoms with van der Waals surface area (Å²) in [7, 11) is 1.84. The maximum absolute atomic E-state index is 13.5. The minimum Gasteiger partial charge on any atom is -0.350 e. The second-order valence-electron chi connectivity index (χ2n) is 10.0. The monoisotopic (exact) mass is 475 g/mol. The number of carbonyl (C=O) groups excluding carboxylic acids is 3. The SMILES string of the molecule is Cc1cc2c(cc1C(=O)N1CCC(Cc3ccc(F)cc3)CC1)c(C(=O)C(=O)N1CC1C)cn2C. The van der Waals surface area contributed by atoms with Gasteiger partial charge in [0.05, 0.1) is 5.56 Å². The molecule has 7 heteroatoms. The lowest BCUT2D eigenvalue weighted by Gasteiger charge is -2.32. The first-order chi connectivity index (χ1) is 16.7. The Morgan fingerprint density at radius 2 is 1.69 bits per heavy atom. The number of nitrogens with zero attached hydrogens (tertiary/aromatic N) is 3. The molecule has 3 aromatic rings. The fourth-order valence-corrected chi connectivity index (χ4v) is 5.17. The predicted molar refractivity (Wildman–Crippen MR) is 132 cm³/mol.